The molecule has 1 fully saturated rings. The SMILES string of the molecule is N[C@@H]1CCC[C@H]1NCCCCNc1cc(F)c(S(=O)(=O)Nc2ncns2)cc1Cl. The van der Waals surface area contributed by atoms with Crippen LogP contribution in [0.2, 0.25) is 5.02 Å². The van der Waals surface area contributed by atoms with Crippen LogP contribution in [0.25, 0.3) is 0 Å². The first-order valence-corrected chi connectivity index (χ1v) is 12.0. The number of hydrogen-bond acceptors (Lipinski definition) is 8. The molecule has 2 atom stereocenters. The van der Waals surface area contributed by atoms with Crippen LogP contribution in [0.4, 0.5) is 15.2 Å². The maximum Gasteiger partial charge on any atom is 0.266 e. The smallest absolute Gasteiger partial charge is 0.266 e. The molecule has 2 aromatic rings. The van der Waals surface area contributed by atoms with Crippen molar-refractivity contribution in [3.05, 3.63) is 29.3 Å². The van der Waals surface area contributed by atoms with Crippen LogP contribution >= 0.6 is 23.1 Å². The number of aromatic nitrogens is 2. The third-order valence-corrected chi connectivity index (χ3v) is 7.16. The van der Waals surface area contributed by atoms with Gasteiger partial charge in [-0.25, -0.2) is 17.8 Å². The fourth-order valence-electron chi connectivity index (χ4n) is 3.26. The van der Waals surface area contributed by atoms with Crippen molar-refractivity contribution in [3.63, 3.8) is 0 Å². The van der Waals surface area contributed by atoms with Gasteiger partial charge >= 0.3 is 0 Å². The number of anilines is 2. The van der Waals surface area contributed by atoms with E-state index in [9.17, 15) is 12.8 Å². The van der Waals surface area contributed by atoms with E-state index in [1.165, 1.54) is 12.7 Å². The maximum absolute atomic E-state index is 14.4. The van der Waals surface area contributed by atoms with E-state index in [1.54, 1.807) is 0 Å². The summed E-state index contributed by atoms with van der Waals surface area (Å²) in [5.41, 5.74) is 6.38. The topological polar surface area (TPSA) is 122 Å². The van der Waals surface area contributed by atoms with Crippen molar-refractivity contribution >= 4 is 44.0 Å². The van der Waals surface area contributed by atoms with Gasteiger partial charge in [0.25, 0.3) is 10.0 Å². The van der Waals surface area contributed by atoms with Gasteiger partial charge < -0.3 is 16.4 Å². The molecule has 1 aliphatic carbocycles. The first-order valence-electron chi connectivity index (χ1n) is 9.38. The minimum absolute atomic E-state index is 0.0508. The van der Waals surface area contributed by atoms with Gasteiger partial charge in [-0.2, -0.15) is 4.37 Å². The van der Waals surface area contributed by atoms with Crippen LogP contribution in [-0.4, -0.2) is 42.9 Å². The number of rotatable bonds is 10. The molecule has 0 aliphatic heterocycles. The number of sulfonamides is 1. The molecule has 0 radical (unpaired) electrons. The lowest BCUT2D eigenvalue weighted by molar-refractivity contribution is 0.468. The third-order valence-electron chi connectivity index (χ3n) is 4.79. The van der Waals surface area contributed by atoms with Crippen LogP contribution in [0.3, 0.4) is 0 Å². The number of benzene rings is 1. The Kier molecular flexibility index (Phi) is 7.63. The minimum atomic E-state index is -4.15. The Morgan fingerprint density at radius 1 is 1.28 bits per heavy atom. The highest BCUT2D eigenvalue weighted by Gasteiger charge is 2.23. The lowest BCUT2D eigenvalue weighted by atomic mass is 10.2. The summed E-state index contributed by atoms with van der Waals surface area (Å²) in [6.07, 6.45) is 6.37. The lowest BCUT2D eigenvalue weighted by Crippen LogP contribution is -2.41. The molecule has 3 rings (SSSR count). The minimum Gasteiger partial charge on any atom is -0.384 e. The second-order valence-electron chi connectivity index (χ2n) is 6.90. The Hall–Kier alpha value is -1.53. The number of nitrogens with two attached hydrogens (primary N) is 1. The molecule has 0 bridgehead atoms. The van der Waals surface area contributed by atoms with Crippen molar-refractivity contribution in [3.8, 4) is 0 Å². The van der Waals surface area contributed by atoms with E-state index in [2.05, 4.69) is 24.7 Å². The van der Waals surface area contributed by atoms with E-state index >= 15 is 0 Å². The van der Waals surface area contributed by atoms with E-state index in [4.69, 9.17) is 17.3 Å². The first-order chi connectivity index (χ1) is 13.9. The van der Waals surface area contributed by atoms with Crippen LogP contribution in [0.5, 0.6) is 0 Å². The van der Waals surface area contributed by atoms with Gasteiger partial charge in [0.1, 0.15) is 17.0 Å². The largest absolute Gasteiger partial charge is 0.384 e. The highest BCUT2D eigenvalue weighted by atomic mass is 35.5. The molecule has 1 heterocycles. The van der Waals surface area contributed by atoms with Gasteiger partial charge in [-0.05, 0) is 44.4 Å². The summed E-state index contributed by atoms with van der Waals surface area (Å²) in [6, 6.07) is 2.82. The van der Waals surface area contributed by atoms with Crippen molar-refractivity contribution in [1.29, 1.82) is 0 Å². The summed E-state index contributed by atoms with van der Waals surface area (Å²) in [4.78, 5) is 3.19. The Labute approximate surface area is 178 Å². The third kappa shape index (κ3) is 5.98. The highest BCUT2D eigenvalue weighted by Crippen LogP contribution is 2.29. The Morgan fingerprint density at radius 2 is 2.07 bits per heavy atom. The molecular weight excluding hydrogens is 439 g/mol. The van der Waals surface area contributed by atoms with Gasteiger partial charge in [0.15, 0.2) is 0 Å². The standard InChI is InChI=1S/C17H24ClFN6O2S2/c18-11-8-16(29(26,27)25-17-23-10-24-28-17)12(19)9-15(11)22-7-2-1-6-21-14-5-3-4-13(14)20/h8-10,13-14,21-22H,1-7,20H2,(H,23,24,25)/t13-,14-/m1/s1. The van der Waals surface area contributed by atoms with Crippen LogP contribution in [-0.2, 0) is 10.0 Å². The van der Waals surface area contributed by atoms with E-state index < -0.39 is 20.7 Å². The van der Waals surface area contributed by atoms with Crippen LogP contribution in [0.15, 0.2) is 23.4 Å². The lowest BCUT2D eigenvalue weighted by Gasteiger charge is -2.17. The molecule has 0 amide bonds. The van der Waals surface area contributed by atoms with Crippen LogP contribution < -0.4 is 21.1 Å². The molecule has 1 aromatic heterocycles. The van der Waals surface area contributed by atoms with Gasteiger partial charge in [0.2, 0.25) is 5.13 Å². The first kappa shape index (κ1) is 22.2. The quantitative estimate of drug-likeness (QED) is 0.400. The molecule has 8 nitrogen and oxygen atoms in total. The van der Waals surface area contributed by atoms with Gasteiger partial charge in [0, 0.05) is 30.2 Å². The molecule has 160 valence electrons. The second-order valence-corrected chi connectivity index (χ2v) is 9.74. The predicted octanol–water partition coefficient (Wildman–Crippen LogP) is 2.79. The average molecular weight is 463 g/mol. The molecule has 0 spiro atoms. The number of hydrogen-bond donors (Lipinski definition) is 4. The molecule has 12 heteroatoms. The van der Waals surface area contributed by atoms with E-state index in [-0.39, 0.29) is 16.2 Å². The van der Waals surface area contributed by atoms with Crippen molar-refractivity contribution in [2.45, 2.75) is 49.1 Å². The molecule has 1 saturated carbocycles. The zero-order chi connectivity index (χ0) is 20.9. The number of halogens is 2. The monoisotopic (exact) mass is 462 g/mol. The van der Waals surface area contributed by atoms with E-state index in [1.807, 2.05) is 0 Å². The zero-order valence-corrected chi connectivity index (χ0v) is 18.1. The number of nitrogens with one attached hydrogen (secondary N) is 3. The number of nitrogens with zero attached hydrogens (tertiary/aromatic N) is 2. The van der Waals surface area contributed by atoms with Gasteiger partial charge in [-0.3, -0.25) is 4.72 Å². The Morgan fingerprint density at radius 3 is 2.76 bits per heavy atom. The van der Waals surface area contributed by atoms with E-state index in [0.717, 1.165) is 55.9 Å². The van der Waals surface area contributed by atoms with Gasteiger partial charge in [-0.15, -0.1) is 0 Å². The Bertz CT molecular complexity index is 913. The summed E-state index contributed by atoms with van der Waals surface area (Å²) in [6.45, 7) is 1.46. The molecular formula is C17H24ClFN6O2S2. The summed E-state index contributed by atoms with van der Waals surface area (Å²) in [5.74, 6) is -0.897. The highest BCUT2D eigenvalue weighted by molar-refractivity contribution is 7.93. The van der Waals surface area contributed by atoms with Crippen molar-refractivity contribution in [2.24, 2.45) is 5.73 Å². The fourth-order valence-corrected chi connectivity index (χ4v) is 5.30. The molecule has 1 aliphatic rings. The van der Waals surface area contributed by atoms with Crippen LogP contribution in [0, 0.1) is 5.82 Å². The van der Waals surface area contributed by atoms with Crippen molar-refractivity contribution in [2.75, 3.05) is 23.1 Å². The van der Waals surface area contributed by atoms with E-state index in [0.29, 0.717) is 18.3 Å². The predicted molar refractivity (Wildman–Crippen MR) is 113 cm³/mol. The summed E-state index contributed by atoms with van der Waals surface area (Å²) >= 11 is 7.01. The maximum atomic E-state index is 14.4. The zero-order valence-electron chi connectivity index (χ0n) is 15.7. The summed E-state index contributed by atoms with van der Waals surface area (Å²) in [7, 11) is -4.15. The van der Waals surface area contributed by atoms with Gasteiger partial charge in [-0.1, -0.05) is 18.0 Å². The molecule has 29 heavy (non-hydrogen) atoms. The Balaban J connectivity index is 1.50. The van der Waals surface area contributed by atoms with Crippen molar-refractivity contribution in [1.82, 2.24) is 14.7 Å². The molecule has 5 N–H and O–H groups in total. The normalized spacial score (nSPS) is 19.4. The average Bonchev–Trinajstić information content (AvgIpc) is 3.31. The molecule has 1 aromatic carbocycles. The number of unbranched alkanes of at least 4 members (excludes halogenated alkanes) is 1. The van der Waals surface area contributed by atoms with Gasteiger partial charge in [0.05, 0.1) is 10.7 Å². The summed E-state index contributed by atoms with van der Waals surface area (Å²) < 4.78 is 45.0. The molecule has 0 saturated heterocycles. The summed E-state index contributed by atoms with van der Waals surface area (Å²) in [5, 5.41) is 6.70. The van der Waals surface area contributed by atoms with Crippen molar-refractivity contribution < 1.29 is 12.8 Å². The molecule has 0 unspecified atom stereocenters. The van der Waals surface area contributed by atoms with Crippen LogP contribution in [0.1, 0.15) is 32.1 Å². The fraction of sp³-hybridized carbons (Fsp3) is 0.529. The second kappa shape index (κ2) is 9.98.